The quantitative estimate of drug-likeness (QED) is 0.665. The van der Waals surface area contributed by atoms with E-state index in [1.54, 1.807) is 6.07 Å². The first-order valence-electron chi connectivity index (χ1n) is 5.17. The molecule has 4 N–H and O–H groups in total. The van der Waals surface area contributed by atoms with Crippen LogP contribution in [-0.2, 0) is 4.79 Å². The molecule has 16 heavy (non-hydrogen) atoms. The molecule has 0 aliphatic rings. The Labute approximate surface area is 94.7 Å². The van der Waals surface area contributed by atoms with Crippen LogP contribution in [0.15, 0.2) is 12.3 Å². The lowest BCUT2D eigenvalue weighted by atomic mass is 10.2. The van der Waals surface area contributed by atoms with Crippen molar-refractivity contribution in [2.24, 2.45) is 5.92 Å². The van der Waals surface area contributed by atoms with E-state index >= 15 is 0 Å². The SMILES string of the molecule is CC(C)CNC(=O)CNc1ccnc(N)n1. The molecular weight excluding hydrogens is 206 g/mol. The van der Waals surface area contributed by atoms with Crippen LogP contribution in [0.5, 0.6) is 0 Å². The lowest BCUT2D eigenvalue weighted by Crippen LogP contribution is -2.32. The highest BCUT2D eigenvalue weighted by molar-refractivity contribution is 5.80. The van der Waals surface area contributed by atoms with Gasteiger partial charge in [-0.2, -0.15) is 4.98 Å². The van der Waals surface area contributed by atoms with E-state index in [-0.39, 0.29) is 18.4 Å². The van der Waals surface area contributed by atoms with Gasteiger partial charge in [-0.05, 0) is 12.0 Å². The molecule has 0 aliphatic heterocycles. The number of anilines is 2. The van der Waals surface area contributed by atoms with E-state index in [0.29, 0.717) is 18.3 Å². The minimum absolute atomic E-state index is 0.0640. The molecule has 6 heteroatoms. The Hall–Kier alpha value is -1.85. The lowest BCUT2D eigenvalue weighted by molar-refractivity contribution is -0.119. The fraction of sp³-hybridized carbons (Fsp3) is 0.500. The number of nitrogens with zero attached hydrogens (tertiary/aromatic N) is 2. The van der Waals surface area contributed by atoms with Gasteiger partial charge in [0, 0.05) is 12.7 Å². The minimum atomic E-state index is -0.0640. The normalized spacial score (nSPS) is 10.2. The summed E-state index contributed by atoms with van der Waals surface area (Å²) in [7, 11) is 0. The number of carbonyl (C=O) groups is 1. The Morgan fingerprint density at radius 2 is 2.31 bits per heavy atom. The zero-order valence-electron chi connectivity index (χ0n) is 9.53. The smallest absolute Gasteiger partial charge is 0.239 e. The lowest BCUT2D eigenvalue weighted by Gasteiger charge is -2.08. The summed E-state index contributed by atoms with van der Waals surface area (Å²) in [6.07, 6.45) is 1.54. The van der Waals surface area contributed by atoms with E-state index in [1.165, 1.54) is 6.20 Å². The highest BCUT2D eigenvalue weighted by atomic mass is 16.1. The third kappa shape index (κ3) is 4.59. The largest absolute Gasteiger partial charge is 0.368 e. The molecule has 1 heterocycles. The first-order chi connectivity index (χ1) is 7.58. The third-order valence-corrected chi connectivity index (χ3v) is 1.81. The molecule has 0 fully saturated rings. The zero-order chi connectivity index (χ0) is 12.0. The average Bonchev–Trinajstić information content (AvgIpc) is 2.23. The summed E-state index contributed by atoms with van der Waals surface area (Å²) in [6, 6.07) is 1.66. The summed E-state index contributed by atoms with van der Waals surface area (Å²) < 4.78 is 0. The van der Waals surface area contributed by atoms with Crippen molar-refractivity contribution in [2.75, 3.05) is 24.1 Å². The number of carbonyl (C=O) groups excluding carboxylic acids is 1. The molecule has 0 unspecified atom stereocenters. The van der Waals surface area contributed by atoms with Crippen LogP contribution in [-0.4, -0.2) is 29.0 Å². The van der Waals surface area contributed by atoms with Crippen molar-refractivity contribution < 1.29 is 4.79 Å². The van der Waals surface area contributed by atoms with Crippen molar-refractivity contribution in [2.45, 2.75) is 13.8 Å². The molecule has 0 aliphatic carbocycles. The molecule has 0 atom stereocenters. The van der Waals surface area contributed by atoms with Gasteiger partial charge in [-0.25, -0.2) is 4.98 Å². The molecule has 0 saturated heterocycles. The summed E-state index contributed by atoms with van der Waals surface area (Å²) in [6.45, 7) is 4.94. The predicted molar refractivity (Wildman–Crippen MR) is 62.8 cm³/mol. The molecule has 0 saturated carbocycles. The Balaban J connectivity index is 2.31. The number of rotatable bonds is 5. The maximum absolute atomic E-state index is 11.4. The molecule has 88 valence electrons. The van der Waals surface area contributed by atoms with Crippen molar-refractivity contribution in [3.63, 3.8) is 0 Å². The van der Waals surface area contributed by atoms with Gasteiger partial charge in [0.15, 0.2) is 0 Å². The van der Waals surface area contributed by atoms with E-state index in [9.17, 15) is 4.79 Å². The molecule has 1 amide bonds. The second-order valence-corrected chi connectivity index (χ2v) is 3.85. The number of nitrogen functional groups attached to an aromatic ring is 1. The topological polar surface area (TPSA) is 92.9 Å². The second-order valence-electron chi connectivity index (χ2n) is 3.85. The number of hydrogen-bond donors (Lipinski definition) is 3. The fourth-order valence-electron chi connectivity index (χ4n) is 1.02. The van der Waals surface area contributed by atoms with Crippen molar-refractivity contribution in [3.05, 3.63) is 12.3 Å². The standard InChI is InChI=1S/C10H17N5O/c1-7(2)5-14-9(16)6-13-8-3-4-12-10(11)15-8/h3-4,7H,5-6H2,1-2H3,(H,14,16)(H3,11,12,13,15). The molecule has 0 bridgehead atoms. The molecule has 0 aromatic carbocycles. The van der Waals surface area contributed by atoms with Crippen molar-refractivity contribution >= 4 is 17.7 Å². The molecule has 1 aromatic heterocycles. The fourth-order valence-corrected chi connectivity index (χ4v) is 1.02. The van der Waals surface area contributed by atoms with Crippen LogP contribution in [0.1, 0.15) is 13.8 Å². The number of amides is 1. The first kappa shape index (κ1) is 12.2. The van der Waals surface area contributed by atoms with Gasteiger partial charge in [0.2, 0.25) is 11.9 Å². The van der Waals surface area contributed by atoms with Crippen LogP contribution in [0.2, 0.25) is 0 Å². The zero-order valence-corrected chi connectivity index (χ0v) is 9.53. The molecule has 0 radical (unpaired) electrons. The maximum Gasteiger partial charge on any atom is 0.239 e. The minimum Gasteiger partial charge on any atom is -0.368 e. The van der Waals surface area contributed by atoms with Gasteiger partial charge in [-0.15, -0.1) is 0 Å². The number of aromatic nitrogens is 2. The van der Waals surface area contributed by atoms with Gasteiger partial charge in [-0.1, -0.05) is 13.8 Å². The van der Waals surface area contributed by atoms with Crippen LogP contribution < -0.4 is 16.4 Å². The van der Waals surface area contributed by atoms with Crippen molar-refractivity contribution in [1.29, 1.82) is 0 Å². The van der Waals surface area contributed by atoms with Crippen LogP contribution >= 0.6 is 0 Å². The van der Waals surface area contributed by atoms with E-state index < -0.39 is 0 Å². The number of nitrogens with one attached hydrogen (secondary N) is 2. The van der Waals surface area contributed by atoms with Gasteiger partial charge < -0.3 is 16.4 Å². The second kappa shape index (κ2) is 5.89. The Morgan fingerprint density at radius 1 is 1.56 bits per heavy atom. The van der Waals surface area contributed by atoms with Crippen LogP contribution in [0.4, 0.5) is 11.8 Å². The summed E-state index contributed by atoms with van der Waals surface area (Å²) in [4.78, 5) is 19.0. The molecule has 1 aromatic rings. The monoisotopic (exact) mass is 223 g/mol. The number of hydrogen-bond acceptors (Lipinski definition) is 5. The molecular formula is C10H17N5O. The van der Waals surface area contributed by atoms with E-state index in [0.717, 1.165) is 0 Å². The first-order valence-corrected chi connectivity index (χ1v) is 5.17. The van der Waals surface area contributed by atoms with Crippen LogP contribution in [0, 0.1) is 5.92 Å². The predicted octanol–water partition coefficient (Wildman–Crippen LogP) is 0.243. The van der Waals surface area contributed by atoms with Crippen molar-refractivity contribution in [3.8, 4) is 0 Å². The van der Waals surface area contributed by atoms with Gasteiger partial charge >= 0.3 is 0 Å². The highest BCUT2D eigenvalue weighted by Gasteiger charge is 2.02. The maximum atomic E-state index is 11.4. The summed E-state index contributed by atoms with van der Waals surface area (Å²) in [5.74, 6) is 1.12. The van der Waals surface area contributed by atoms with E-state index in [1.807, 2.05) is 13.8 Å². The molecule has 0 spiro atoms. The summed E-state index contributed by atoms with van der Waals surface area (Å²) in [5, 5.41) is 5.66. The highest BCUT2D eigenvalue weighted by Crippen LogP contribution is 2.01. The van der Waals surface area contributed by atoms with Gasteiger partial charge in [-0.3, -0.25) is 4.79 Å². The van der Waals surface area contributed by atoms with Crippen LogP contribution in [0.3, 0.4) is 0 Å². The third-order valence-electron chi connectivity index (χ3n) is 1.81. The Morgan fingerprint density at radius 3 is 2.94 bits per heavy atom. The van der Waals surface area contributed by atoms with E-state index in [4.69, 9.17) is 5.73 Å². The van der Waals surface area contributed by atoms with Crippen molar-refractivity contribution in [1.82, 2.24) is 15.3 Å². The van der Waals surface area contributed by atoms with Gasteiger partial charge in [0.1, 0.15) is 5.82 Å². The summed E-state index contributed by atoms with van der Waals surface area (Å²) >= 11 is 0. The van der Waals surface area contributed by atoms with Gasteiger partial charge in [0.25, 0.3) is 0 Å². The average molecular weight is 223 g/mol. The van der Waals surface area contributed by atoms with E-state index in [2.05, 4.69) is 20.6 Å². The Bertz CT molecular complexity index is 353. The van der Waals surface area contributed by atoms with Crippen LogP contribution in [0.25, 0.3) is 0 Å². The summed E-state index contributed by atoms with van der Waals surface area (Å²) in [5.41, 5.74) is 5.40. The Kier molecular flexibility index (Phi) is 4.50. The number of nitrogens with two attached hydrogens (primary N) is 1. The molecule has 6 nitrogen and oxygen atoms in total. The molecule has 1 rings (SSSR count). The van der Waals surface area contributed by atoms with Gasteiger partial charge in [0.05, 0.1) is 6.54 Å².